The van der Waals surface area contributed by atoms with E-state index in [1.54, 1.807) is 24.3 Å². The molecule has 1 unspecified atom stereocenters. The van der Waals surface area contributed by atoms with E-state index in [1.165, 1.54) is 0 Å². The van der Waals surface area contributed by atoms with Crippen LogP contribution in [0, 0.1) is 0 Å². The Morgan fingerprint density at radius 2 is 1.32 bits per heavy atom. The van der Waals surface area contributed by atoms with Gasteiger partial charge in [-0.05, 0) is 0 Å². The molecule has 1 aliphatic rings. The van der Waals surface area contributed by atoms with Crippen LogP contribution < -0.4 is 4.46 Å². The summed E-state index contributed by atoms with van der Waals surface area (Å²) in [4.78, 5) is 27.1. The number of esters is 1. The average Bonchev–Trinajstić information content (AvgIpc) is 2.88. The van der Waals surface area contributed by atoms with E-state index in [9.17, 15) is 9.59 Å². The van der Waals surface area contributed by atoms with Gasteiger partial charge in [0, 0.05) is 0 Å². The third-order valence-corrected chi connectivity index (χ3v) is 9.48. The summed E-state index contributed by atoms with van der Waals surface area (Å²) in [6, 6.07) is 36.2. The number of Topliss-reactive ketones (excluding diaryl/α,β-unsaturated/α-hetero) is 1. The molecule has 0 spiro atoms. The molecule has 3 nitrogen and oxygen atoms in total. The van der Waals surface area contributed by atoms with Crippen molar-refractivity contribution in [3.63, 3.8) is 0 Å². The molecule has 0 aromatic heterocycles. The zero-order chi connectivity index (χ0) is 23.6. The number of ketones is 1. The van der Waals surface area contributed by atoms with E-state index >= 15 is 0 Å². The van der Waals surface area contributed by atoms with Gasteiger partial charge in [-0.1, -0.05) is 0 Å². The van der Waals surface area contributed by atoms with E-state index in [0.29, 0.717) is 10.6 Å². The van der Waals surface area contributed by atoms with Gasteiger partial charge < -0.3 is 0 Å². The van der Waals surface area contributed by atoms with Crippen LogP contribution in [-0.2, 0) is 14.9 Å². The number of hydrogen-bond donors (Lipinski definition) is 0. The molecule has 4 aromatic rings. The van der Waals surface area contributed by atoms with Crippen LogP contribution in [0.15, 0.2) is 115 Å². The Hall–Kier alpha value is -3.17. The molecule has 4 aromatic carbocycles. The van der Waals surface area contributed by atoms with Gasteiger partial charge in [-0.15, -0.1) is 0 Å². The van der Waals surface area contributed by atoms with Crippen LogP contribution in [0.1, 0.15) is 27.9 Å². The van der Waals surface area contributed by atoms with Crippen molar-refractivity contribution in [1.29, 1.82) is 0 Å². The molecular weight excluding hydrogens is 511 g/mol. The fourth-order valence-corrected chi connectivity index (χ4v) is 7.72. The number of halogens is 1. The minimum absolute atomic E-state index is 0.0700. The summed E-state index contributed by atoms with van der Waals surface area (Å²) in [6.45, 7) is 0. The second kappa shape index (κ2) is 9.23. The van der Waals surface area contributed by atoms with Gasteiger partial charge in [-0.3, -0.25) is 0 Å². The van der Waals surface area contributed by atoms with E-state index < -0.39 is 30.8 Å². The molecule has 168 valence electrons. The average molecular weight is 532 g/mol. The third-order valence-electron chi connectivity index (χ3n) is 6.19. The fourth-order valence-electron chi connectivity index (χ4n) is 4.57. The predicted molar refractivity (Wildman–Crippen MR) is 135 cm³/mol. The Morgan fingerprint density at radius 1 is 0.765 bits per heavy atom. The zero-order valence-corrected chi connectivity index (χ0v) is 20.7. The molecule has 5 rings (SSSR count). The summed E-state index contributed by atoms with van der Waals surface area (Å²) < 4.78 is 5.98. The molecule has 0 radical (unpaired) electrons. The quantitative estimate of drug-likeness (QED) is 0.254. The summed E-state index contributed by atoms with van der Waals surface area (Å²) in [5.74, 6) is -0.621. The molecule has 5 heteroatoms. The first-order chi connectivity index (χ1) is 16.5. The molecule has 0 amide bonds. The number of rotatable bonds is 6. The topological polar surface area (TPSA) is 43.4 Å². The van der Waals surface area contributed by atoms with E-state index in [4.69, 9.17) is 16.3 Å². The van der Waals surface area contributed by atoms with E-state index in [2.05, 4.69) is 0 Å². The van der Waals surface area contributed by atoms with Gasteiger partial charge in [-0.2, -0.15) is 0 Å². The molecule has 0 saturated heterocycles. The van der Waals surface area contributed by atoms with Gasteiger partial charge in [0.2, 0.25) is 0 Å². The Balaban J connectivity index is 1.71. The number of benzene rings is 4. The summed E-state index contributed by atoms with van der Waals surface area (Å²) in [5, 5.41) is 0.439. The van der Waals surface area contributed by atoms with E-state index in [-0.39, 0.29) is 12.2 Å². The Bertz CT molecular complexity index is 1290. The molecule has 1 aliphatic carbocycles. The number of carbonyl (C=O) groups is 2. The molecule has 1 saturated carbocycles. The minimum atomic E-state index is -1.34. The summed E-state index contributed by atoms with van der Waals surface area (Å²) in [5.41, 5.74) is 1.44. The summed E-state index contributed by atoms with van der Waals surface area (Å²) >= 11 is 5.65. The number of carbonyl (C=O) groups excluding carboxylic acids is 2. The van der Waals surface area contributed by atoms with Gasteiger partial charge in [-0.25, -0.2) is 0 Å². The second-order valence-corrected chi connectivity index (χ2v) is 11.2. The van der Waals surface area contributed by atoms with Crippen LogP contribution in [0.2, 0.25) is 5.02 Å². The zero-order valence-electron chi connectivity index (χ0n) is 18.2. The third kappa shape index (κ3) is 3.78. The van der Waals surface area contributed by atoms with Crippen molar-refractivity contribution >= 4 is 42.8 Å². The van der Waals surface area contributed by atoms with Crippen LogP contribution in [0.3, 0.4) is 0 Å². The maximum absolute atomic E-state index is 13.7. The molecule has 0 bridgehead atoms. The molecule has 34 heavy (non-hydrogen) atoms. The molecule has 0 aliphatic heterocycles. The van der Waals surface area contributed by atoms with Gasteiger partial charge in [0.15, 0.2) is 0 Å². The van der Waals surface area contributed by atoms with Crippen molar-refractivity contribution < 1.29 is 14.3 Å². The van der Waals surface area contributed by atoms with Crippen LogP contribution >= 0.6 is 11.6 Å². The van der Waals surface area contributed by atoms with Gasteiger partial charge in [0.1, 0.15) is 0 Å². The predicted octanol–water partition coefficient (Wildman–Crippen LogP) is 5.18. The fraction of sp³-hybridized carbons (Fsp3) is 0.103. The molecule has 1 atom stereocenters. The van der Waals surface area contributed by atoms with Crippen molar-refractivity contribution in [2.45, 2.75) is 16.3 Å². The first kappa shape index (κ1) is 22.6. The van der Waals surface area contributed by atoms with Crippen LogP contribution in [0.25, 0.3) is 0 Å². The Morgan fingerprint density at radius 3 is 1.85 bits per heavy atom. The van der Waals surface area contributed by atoms with Crippen LogP contribution in [0.5, 0.6) is 0 Å². The SMILES string of the molecule is O=C(OC1([Se]c2ccccc2)C(=O)CC1(c1ccccc1)c1ccccc1)c1cccc(Cl)c1. The van der Waals surface area contributed by atoms with Gasteiger partial charge in [0.05, 0.1) is 0 Å². The Kier molecular flexibility index (Phi) is 6.14. The van der Waals surface area contributed by atoms with Gasteiger partial charge >= 0.3 is 210 Å². The standard InChI is InChI=1S/C29H21ClO3Se/c30-24-16-10-11-21(19-24)27(32)33-29(34-25-17-8-3-9-18-25)26(31)20-28(29,22-12-4-1-5-13-22)23-14-6-2-7-15-23/h1-19H,20H2. The van der Waals surface area contributed by atoms with Crippen molar-refractivity contribution in [2.75, 3.05) is 0 Å². The molecule has 0 N–H and O–H groups in total. The van der Waals surface area contributed by atoms with Crippen LogP contribution in [0.4, 0.5) is 0 Å². The maximum atomic E-state index is 13.7. The normalized spacial score (nSPS) is 18.7. The number of ether oxygens (including phenoxy) is 1. The monoisotopic (exact) mass is 532 g/mol. The number of hydrogen-bond acceptors (Lipinski definition) is 3. The van der Waals surface area contributed by atoms with Crippen molar-refractivity contribution in [1.82, 2.24) is 0 Å². The van der Waals surface area contributed by atoms with Gasteiger partial charge in [0.25, 0.3) is 0 Å². The summed E-state index contributed by atoms with van der Waals surface area (Å²) in [6.07, 6.45) is 0.262. The molecule has 1 fully saturated rings. The second-order valence-electron chi connectivity index (χ2n) is 8.17. The van der Waals surface area contributed by atoms with E-state index in [1.807, 2.05) is 91.0 Å². The van der Waals surface area contributed by atoms with Crippen molar-refractivity contribution in [3.05, 3.63) is 137 Å². The summed E-state index contributed by atoms with van der Waals surface area (Å²) in [7, 11) is 0. The first-order valence-corrected chi connectivity index (χ1v) is 13.0. The molecular formula is C29H21ClO3Se. The first-order valence-electron chi connectivity index (χ1n) is 10.9. The Labute approximate surface area is 209 Å². The van der Waals surface area contributed by atoms with E-state index in [0.717, 1.165) is 15.6 Å². The molecule has 0 heterocycles. The van der Waals surface area contributed by atoms with Crippen molar-refractivity contribution in [2.24, 2.45) is 0 Å². The van der Waals surface area contributed by atoms with Crippen molar-refractivity contribution in [3.8, 4) is 0 Å². The van der Waals surface area contributed by atoms with Crippen LogP contribution in [-0.4, -0.2) is 31.2 Å².